The monoisotopic (exact) mass is 310 g/mol. The van der Waals surface area contributed by atoms with Crippen LogP contribution in [0.5, 0.6) is 0 Å². The zero-order chi connectivity index (χ0) is 9.86. The number of carboxylic acids is 2. The first-order valence-electron chi connectivity index (χ1n) is 2.04. The Morgan fingerprint density at radius 1 is 1.08 bits per heavy atom. The Hall–Kier alpha value is 0.546. The molecule has 8 heteroatoms. The predicted octanol–water partition coefficient (Wildman–Crippen LogP) is -1.11. The molecule has 4 nitrogen and oxygen atoms in total. The maximum atomic E-state index is 8.89. The molecule has 0 aromatic rings. The quantitative estimate of drug-likeness (QED) is 0.531. The summed E-state index contributed by atoms with van der Waals surface area (Å²) in [6, 6.07) is 0. The Kier molecular flexibility index (Phi) is 43.0. The van der Waals surface area contributed by atoms with E-state index in [1.165, 1.54) is 0 Å². The first-order chi connectivity index (χ1) is 4.88. The van der Waals surface area contributed by atoms with Crippen molar-refractivity contribution in [3.8, 4) is 0 Å². The van der Waals surface area contributed by atoms with Crippen LogP contribution in [0.1, 0.15) is 13.8 Å². The molecule has 0 N–H and O–H groups in total. The Morgan fingerprint density at radius 2 is 1.08 bits per heavy atom. The van der Waals surface area contributed by atoms with Gasteiger partial charge in [0.05, 0.1) is 0 Å². The second-order valence-corrected chi connectivity index (χ2v) is 2.58. The van der Waals surface area contributed by atoms with Crippen LogP contribution in [0.3, 0.4) is 0 Å². The second kappa shape index (κ2) is 22.6. The zero-order valence-corrected chi connectivity index (χ0v) is 9.52. The van der Waals surface area contributed by atoms with Crippen LogP contribution in [-0.2, 0) is 39.5 Å². The number of carboxylic acid groups (broad SMARTS) is 2. The van der Waals surface area contributed by atoms with E-state index < -0.39 is 11.9 Å². The number of hydrogen-bond acceptors (Lipinski definition) is 4. The van der Waals surface area contributed by atoms with E-state index in [1.807, 2.05) is 0 Å². The molecule has 0 rings (SSSR count). The molecule has 1 radical (unpaired) electrons. The fraction of sp³-hybridized carbons (Fsp3) is 0.500. The van der Waals surface area contributed by atoms with Crippen LogP contribution in [0.15, 0.2) is 0 Å². The van der Waals surface area contributed by atoms with E-state index in [0.717, 1.165) is 27.0 Å². The Morgan fingerprint density at radius 3 is 1.08 bits per heavy atom. The van der Waals surface area contributed by atoms with Crippen LogP contribution >= 0.6 is 20.2 Å². The normalized spacial score (nSPS) is 6.00. The molecule has 0 fully saturated rings. The van der Waals surface area contributed by atoms with Crippen molar-refractivity contribution in [1.82, 2.24) is 0 Å². The SMILES string of the molecule is CC(=O)[O-].CC(=O)[O-].[Cl][Cu][Cl].[Co+2]. The van der Waals surface area contributed by atoms with E-state index in [4.69, 9.17) is 19.8 Å². The number of halogens is 2. The van der Waals surface area contributed by atoms with Crippen LogP contribution in [-0.4, -0.2) is 11.9 Å². The third kappa shape index (κ3) is 3220. The summed E-state index contributed by atoms with van der Waals surface area (Å²) >= 11 is 0.757. The van der Waals surface area contributed by atoms with Gasteiger partial charge < -0.3 is 19.8 Å². The molecule has 0 aliphatic carbocycles. The Labute approximate surface area is 95.4 Å². The van der Waals surface area contributed by atoms with E-state index in [0.29, 0.717) is 0 Å². The van der Waals surface area contributed by atoms with Gasteiger partial charge in [-0.15, -0.1) is 0 Å². The molecular weight excluding hydrogens is 305 g/mol. The maximum Gasteiger partial charge on any atom is 2.00 e. The molecule has 0 saturated carbocycles. The van der Waals surface area contributed by atoms with Crippen molar-refractivity contribution in [3.05, 3.63) is 0 Å². The van der Waals surface area contributed by atoms with Gasteiger partial charge in [-0.3, -0.25) is 0 Å². The second-order valence-electron chi connectivity index (χ2n) is 1.03. The van der Waals surface area contributed by atoms with Crippen LogP contribution in [0.25, 0.3) is 0 Å². The van der Waals surface area contributed by atoms with Gasteiger partial charge in [0, 0.05) is 11.9 Å². The zero-order valence-electron chi connectivity index (χ0n) is 6.02. The van der Waals surface area contributed by atoms with Gasteiger partial charge in [-0.05, 0) is 13.8 Å². The van der Waals surface area contributed by atoms with E-state index in [2.05, 4.69) is 20.2 Å². The van der Waals surface area contributed by atoms with Gasteiger partial charge in [0.25, 0.3) is 0 Å². The van der Waals surface area contributed by atoms with Gasteiger partial charge >= 0.3 is 50.1 Å². The van der Waals surface area contributed by atoms with Gasteiger partial charge in [-0.25, -0.2) is 0 Å². The Balaban J connectivity index is -0.0000000389. The fourth-order valence-electron chi connectivity index (χ4n) is 0. The van der Waals surface area contributed by atoms with E-state index >= 15 is 0 Å². The third-order valence-electron chi connectivity index (χ3n) is 0. The minimum Gasteiger partial charge on any atom is 2.00 e. The molecule has 12 heavy (non-hydrogen) atoms. The van der Waals surface area contributed by atoms with Crippen LogP contribution in [0, 0.1) is 0 Å². The van der Waals surface area contributed by atoms with Gasteiger partial charge in [0.1, 0.15) is 0 Å². The molecule has 0 spiro atoms. The molecule has 0 aliphatic rings. The summed E-state index contributed by atoms with van der Waals surface area (Å²) in [6.45, 7) is 1.94. The van der Waals surface area contributed by atoms with Gasteiger partial charge in [0.2, 0.25) is 0 Å². The van der Waals surface area contributed by atoms with Crippen molar-refractivity contribution < 1.29 is 49.7 Å². The molecule has 0 saturated heterocycles. The van der Waals surface area contributed by atoms with E-state index in [-0.39, 0.29) is 16.8 Å². The van der Waals surface area contributed by atoms with Crippen molar-refractivity contribution in [1.29, 1.82) is 0 Å². The number of hydrogen-bond donors (Lipinski definition) is 0. The van der Waals surface area contributed by atoms with Gasteiger partial charge in [-0.2, -0.15) is 0 Å². The summed E-state index contributed by atoms with van der Waals surface area (Å²) in [7, 11) is 9.34. The van der Waals surface area contributed by atoms with Crippen LogP contribution < -0.4 is 10.2 Å². The summed E-state index contributed by atoms with van der Waals surface area (Å²) in [4.78, 5) is 17.8. The van der Waals surface area contributed by atoms with Crippen molar-refractivity contribution in [2.45, 2.75) is 13.8 Å². The molecule has 80 valence electrons. The topological polar surface area (TPSA) is 80.3 Å². The number of rotatable bonds is 0. The van der Waals surface area contributed by atoms with Crippen molar-refractivity contribution in [3.63, 3.8) is 0 Å². The van der Waals surface area contributed by atoms with E-state index in [9.17, 15) is 0 Å². The summed E-state index contributed by atoms with van der Waals surface area (Å²) in [5.41, 5.74) is 0. The molecule has 0 aliphatic heterocycles. The predicted molar refractivity (Wildman–Crippen MR) is 33.1 cm³/mol. The summed E-state index contributed by atoms with van der Waals surface area (Å²) < 4.78 is 0. The first-order valence-corrected chi connectivity index (χ1v) is 4.64. The fourth-order valence-corrected chi connectivity index (χ4v) is 0. The largest absolute Gasteiger partial charge is 2.00 e. The molecule has 0 atom stereocenters. The standard InChI is InChI=1S/2C2H4O2.2ClH.Co.Cu/c2*1-2(3)4;;;;/h2*1H3,(H,3,4);2*1H;;/q;;;;2*+2/p-4. The minimum absolute atomic E-state index is 0. The average Bonchev–Trinajstić information content (AvgIpc) is 1.60. The molecule has 0 heterocycles. The van der Waals surface area contributed by atoms with Crippen molar-refractivity contribution in [2.75, 3.05) is 0 Å². The van der Waals surface area contributed by atoms with Crippen molar-refractivity contribution in [2.24, 2.45) is 0 Å². The van der Waals surface area contributed by atoms with Crippen LogP contribution in [0.4, 0.5) is 0 Å². The van der Waals surface area contributed by atoms with Crippen LogP contribution in [0.2, 0.25) is 0 Å². The average molecular weight is 311 g/mol. The minimum atomic E-state index is -1.08. The molecular formula is C4H6Cl2CoCuO4. The molecule has 0 unspecified atom stereocenters. The van der Waals surface area contributed by atoms with Crippen molar-refractivity contribution >= 4 is 32.1 Å². The number of aliphatic carboxylic acids is 2. The Bertz CT molecular complexity index is 93.2. The van der Waals surface area contributed by atoms with Gasteiger partial charge in [-0.1, -0.05) is 0 Å². The number of carbonyl (C=O) groups excluding carboxylic acids is 2. The maximum absolute atomic E-state index is 8.89. The summed E-state index contributed by atoms with van der Waals surface area (Å²) in [5.74, 6) is -2.17. The number of carbonyl (C=O) groups is 2. The van der Waals surface area contributed by atoms with E-state index in [1.54, 1.807) is 0 Å². The molecule has 0 bridgehead atoms. The third-order valence-corrected chi connectivity index (χ3v) is 0. The van der Waals surface area contributed by atoms with Gasteiger partial charge in [0.15, 0.2) is 0 Å². The smallest absolute Gasteiger partial charge is 2.00 e. The molecule has 0 aromatic heterocycles. The molecule has 0 aromatic carbocycles. The summed E-state index contributed by atoms with van der Waals surface area (Å²) in [6.07, 6.45) is 0. The first kappa shape index (κ1) is 22.9. The summed E-state index contributed by atoms with van der Waals surface area (Å²) in [5, 5.41) is 17.8. The molecule has 0 amide bonds.